The molecule has 1 aliphatic rings. The number of anilines is 1. The molecule has 4 nitrogen and oxygen atoms in total. The number of hydrogen-bond acceptors (Lipinski definition) is 2. The number of rotatable bonds is 2. The molecule has 2 rings (SSSR count). The highest BCUT2D eigenvalue weighted by atomic mass is 35.5. The smallest absolute Gasteiger partial charge is 0.322 e. The number of urea groups is 1. The normalized spacial score (nSPS) is 19.3. The van der Waals surface area contributed by atoms with Gasteiger partial charge in [0.15, 0.2) is 0 Å². The molecule has 1 N–H and O–H groups in total. The summed E-state index contributed by atoms with van der Waals surface area (Å²) in [5.74, 6) is 0. The van der Waals surface area contributed by atoms with Crippen LogP contribution in [0, 0.1) is 6.92 Å². The van der Waals surface area contributed by atoms with Gasteiger partial charge in [-0.15, -0.1) is 0 Å². The van der Waals surface area contributed by atoms with Crippen molar-refractivity contribution in [1.29, 1.82) is 0 Å². The maximum Gasteiger partial charge on any atom is 0.322 e. The van der Waals surface area contributed by atoms with Crippen LogP contribution < -0.4 is 5.32 Å². The van der Waals surface area contributed by atoms with Gasteiger partial charge in [-0.3, -0.25) is 0 Å². The molecular formula is C14H19ClN2O2. The number of ether oxygens (including phenoxy) is 1. The Morgan fingerprint density at radius 1 is 1.58 bits per heavy atom. The summed E-state index contributed by atoms with van der Waals surface area (Å²) in [5, 5.41) is 3.41. The molecule has 1 fully saturated rings. The van der Waals surface area contributed by atoms with Gasteiger partial charge in [0.2, 0.25) is 0 Å². The molecular weight excluding hydrogens is 264 g/mol. The summed E-state index contributed by atoms with van der Waals surface area (Å²) in [5.41, 5.74) is 1.72. The maximum absolute atomic E-state index is 12.2. The quantitative estimate of drug-likeness (QED) is 0.904. The molecule has 0 bridgehead atoms. The van der Waals surface area contributed by atoms with Crippen molar-refractivity contribution in [1.82, 2.24) is 4.90 Å². The Bertz CT molecular complexity index is 465. The summed E-state index contributed by atoms with van der Waals surface area (Å²) in [6.07, 6.45) is 1.04. The Kier molecular flexibility index (Phi) is 4.66. The van der Waals surface area contributed by atoms with Crippen molar-refractivity contribution in [3.05, 3.63) is 28.8 Å². The highest BCUT2D eigenvalue weighted by Crippen LogP contribution is 2.23. The molecule has 0 spiro atoms. The third-order valence-electron chi connectivity index (χ3n) is 3.25. The van der Waals surface area contributed by atoms with Gasteiger partial charge in [0, 0.05) is 13.1 Å². The third kappa shape index (κ3) is 3.61. The zero-order valence-electron chi connectivity index (χ0n) is 11.3. The van der Waals surface area contributed by atoms with Crippen LogP contribution in [0.15, 0.2) is 18.2 Å². The molecule has 0 radical (unpaired) electrons. The van der Waals surface area contributed by atoms with Crippen LogP contribution in [0.3, 0.4) is 0 Å². The van der Waals surface area contributed by atoms with Crippen molar-refractivity contribution in [2.24, 2.45) is 0 Å². The topological polar surface area (TPSA) is 41.6 Å². The second-order valence-electron chi connectivity index (χ2n) is 4.76. The molecule has 0 aliphatic carbocycles. The first kappa shape index (κ1) is 14.2. The maximum atomic E-state index is 12.2. The summed E-state index contributed by atoms with van der Waals surface area (Å²) in [6.45, 7) is 5.86. The summed E-state index contributed by atoms with van der Waals surface area (Å²) in [6, 6.07) is 5.47. The highest BCUT2D eigenvalue weighted by molar-refractivity contribution is 6.33. The number of benzene rings is 1. The fraction of sp³-hybridized carbons (Fsp3) is 0.500. The van der Waals surface area contributed by atoms with E-state index in [2.05, 4.69) is 12.2 Å². The van der Waals surface area contributed by atoms with Gasteiger partial charge >= 0.3 is 6.03 Å². The van der Waals surface area contributed by atoms with Crippen LogP contribution >= 0.6 is 11.6 Å². The van der Waals surface area contributed by atoms with Gasteiger partial charge in [0.25, 0.3) is 0 Å². The van der Waals surface area contributed by atoms with Crippen LogP contribution in [0.5, 0.6) is 0 Å². The fourth-order valence-corrected chi connectivity index (χ4v) is 2.35. The van der Waals surface area contributed by atoms with Gasteiger partial charge in [-0.2, -0.15) is 0 Å². The molecule has 1 saturated heterocycles. The van der Waals surface area contributed by atoms with E-state index in [4.69, 9.17) is 16.3 Å². The van der Waals surface area contributed by atoms with Crippen LogP contribution in [0.4, 0.5) is 10.5 Å². The molecule has 2 amide bonds. The van der Waals surface area contributed by atoms with Crippen molar-refractivity contribution >= 4 is 23.3 Å². The van der Waals surface area contributed by atoms with E-state index >= 15 is 0 Å². The van der Waals surface area contributed by atoms with Gasteiger partial charge in [0.05, 0.1) is 23.4 Å². The molecule has 1 aromatic carbocycles. The van der Waals surface area contributed by atoms with Gasteiger partial charge in [0.1, 0.15) is 0 Å². The summed E-state index contributed by atoms with van der Waals surface area (Å²) in [4.78, 5) is 13.9. The first-order valence-corrected chi connectivity index (χ1v) is 6.91. The van der Waals surface area contributed by atoms with E-state index < -0.39 is 0 Å². The summed E-state index contributed by atoms with van der Waals surface area (Å²) in [7, 11) is 0. The largest absolute Gasteiger partial charge is 0.375 e. The average molecular weight is 283 g/mol. The molecule has 1 aromatic rings. The monoisotopic (exact) mass is 282 g/mol. The Labute approximate surface area is 118 Å². The third-order valence-corrected chi connectivity index (χ3v) is 3.56. The molecule has 1 atom stereocenters. The Morgan fingerprint density at radius 2 is 2.37 bits per heavy atom. The summed E-state index contributed by atoms with van der Waals surface area (Å²) < 4.78 is 5.55. The molecule has 104 valence electrons. The van der Waals surface area contributed by atoms with Gasteiger partial charge in [-0.1, -0.05) is 24.6 Å². The van der Waals surface area contributed by atoms with Crippen LogP contribution in [0.2, 0.25) is 5.02 Å². The Hall–Kier alpha value is -1.26. The van der Waals surface area contributed by atoms with Crippen molar-refractivity contribution in [2.45, 2.75) is 26.4 Å². The van der Waals surface area contributed by atoms with Crippen molar-refractivity contribution in [3.8, 4) is 0 Å². The van der Waals surface area contributed by atoms with E-state index in [1.54, 1.807) is 4.90 Å². The fourth-order valence-electron chi connectivity index (χ4n) is 2.07. The SMILES string of the molecule is CCC1CN(C(=O)Nc2ccc(C)cc2Cl)CCO1. The number of halogens is 1. The van der Waals surface area contributed by atoms with Gasteiger partial charge < -0.3 is 15.0 Å². The second-order valence-corrected chi connectivity index (χ2v) is 5.17. The van der Waals surface area contributed by atoms with Crippen LogP contribution in [0.25, 0.3) is 0 Å². The molecule has 1 aliphatic heterocycles. The lowest BCUT2D eigenvalue weighted by Gasteiger charge is -2.32. The number of carbonyl (C=O) groups is 1. The lowest BCUT2D eigenvalue weighted by molar-refractivity contribution is -0.0134. The van der Waals surface area contributed by atoms with E-state index in [0.29, 0.717) is 30.4 Å². The molecule has 0 saturated carbocycles. The number of nitrogens with one attached hydrogen (secondary N) is 1. The minimum Gasteiger partial charge on any atom is -0.375 e. The van der Waals surface area contributed by atoms with Crippen molar-refractivity contribution in [2.75, 3.05) is 25.0 Å². The Morgan fingerprint density at radius 3 is 3.05 bits per heavy atom. The standard InChI is InChI=1S/C14H19ClN2O2/c1-3-11-9-17(6-7-19-11)14(18)16-13-5-4-10(2)8-12(13)15/h4-5,8,11H,3,6-7,9H2,1-2H3,(H,16,18). The lowest BCUT2D eigenvalue weighted by Crippen LogP contribution is -2.47. The molecule has 1 unspecified atom stereocenters. The average Bonchev–Trinajstić information content (AvgIpc) is 2.42. The minimum atomic E-state index is -0.118. The summed E-state index contributed by atoms with van der Waals surface area (Å²) >= 11 is 6.11. The molecule has 0 aromatic heterocycles. The predicted molar refractivity (Wildman–Crippen MR) is 76.8 cm³/mol. The van der Waals surface area contributed by atoms with E-state index in [-0.39, 0.29) is 12.1 Å². The van der Waals surface area contributed by atoms with Crippen molar-refractivity contribution < 1.29 is 9.53 Å². The first-order chi connectivity index (χ1) is 9.10. The van der Waals surface area contributed by atoms with Crippen LogP contribution in [-0.2, 0) is 4.74 Å². The lowest BCUT2D eigenvalue weighted by atomic mass is 10.2. The van der Waals surface area contributed by atoms with Crippen molar-refractivity contribution in [3.63, 3.8) is 0 Å². The molecule has 5 heteroatoms. The highest BCUT2D eigenvalue weighted by Gasteiger charge is 2.23. The van der Waals surface area contributed by atoms with E-state index in [9.17, 15) is 4.79 Å². The first-order valence-electron chi connectivity index (χ1n) is 6.54. The Balaban J connectivity index is 2.00. The zero-order chi connectivity index (χ0) is 13.8. The van der Waals surface area contributed by atoms with E-state index in [0.717, 1.165) is 12.0 Å². The number of hydrogen-bond donors (Lipinski definition) is 1. The van der Waals surface area contributed by atoms with E-state index in [1.807, 2.05) is 25.1 Å². The zero-order valence-corrected chi connectivity index (χ0v) is 12.0. The molecule has 19 heavy (non-hydrogen) atoms. The van der Waals surface area contributed by atoms with Crippen LogP contribution in [0.1, 0.15) is 18.9 Å². The van der Waals surface area contributed by atoms with E-state index in [1.165, 1.54) is 0 Å². The van der Waals surface area contributed by atoms with Gasteiger partial charge in [-0.25, -0.2) is 4.79 Å². The number of amides is 2. The minimum absolute atomic E-state index is 0.118. The number of aryl methyl sites for hydroxylation is 1. The second kappa shape index (κ2) is 6.26. The number of morpholine rings is 1. The van der Waals surface area contributed by atoms with Gasteiger partial charge in [-0.05, 0) is 31.0 Å². The van der Waals surface area contributed by atoms with Crippen LogP contribution in [-0.4, -0.2) is 36.7 Å². The predicted octanol–water partition coefficient (Wildman–Crippen LogP) is 3.29. The number of nitrogens with zero attached hydrogens (tertiary/aromatic N) is 1. The molecule has 1 heterocycles. The number of carbonyl (C=O) groups excluding carboxylic acids is 1.